The van der Waals surface area contributed by atoms with E-state index in [4.69, 9.17) is 0 Å². The number of benzene rings is 2. The summed E-state index contributed by atoms with van der Waals surface area (Å²) in [6.07, 6.45) is 1.62. The molecule has 27 heavy (non-hydrogen) atoms. The molecule has 0 bridgehead atoms. The molecule has 2 amide bonds. The molecule has 2 aromatic rings. The Kier molecular flexibility index (Phi) is 6.72. The Labute approximate surface area is 160 Å². The number of carbonyl (C=O) groups is 2. The number of hydrogen-bond donors (Lipinski definition) is 1. The zero-order valence-electron chi connectivity index (χ0n) is 16.4. The van der Waals surface area contributed by atoms with Gasteiger partial charge in [0.15, 0.2) is 0 Å². The van der Waals surface area contributed by atoms with Gasteiger partial charge in [-0.25, -0.2) is 9.40 Å². The van der Waals surface area contributed by atoms with E-state index in [1.54, 1.807) is 12.1 Å². The molecule has 0 saturated heterocycles. The first-order chi connectivity index (χ1) is 12.7. The summed E-state index contributed by atoms with van der Waals surface area (Å²) in [4.78, 5) is 25.3. The van der Waals surface area contributed by atoms with E-state index in [-0.39, 0.29) is 17.2 Å². The number of hydrogen-bond acceptors (Lipinski definition) is 2. The summed E-state index contributed by atoms with van der Waals surface area (Å²) in [5, 5.41) is 1.30. The van der Waals surface area contributed by atoms with Crippen LogP contribution in [0.3, 0.4) is 0 Å². The van der Waals surface area contributed by atoms with Crippen molar-refractivity contribution < 1.29 is 14.0 Å². The van der Waals surface area contributed by atoms with Gasteiger partial charge in [-0.05, 0) is 53.8 Å². The molecular weight excluding hydrogens is 343 g/mol. The number of carbonyl (C=O) groups excluding carboxylic acids is 2. The van der Waals surface area contributed by atoms with Crippen molar-refractivity contribution in [1.82, 2.24) is 10.4 Å². The summed E-state index contributed by atoms with van der Waals surface area (Å²) in [5.74, 6) is -1.11. The molecule has 0 fully saturated rings. The van der Waals surface area contributed by atoms with Crippen molar-refractivity contribution in [1.29, 1.82) is 0 Å². The number of nitrogens with zero attached hydrogens (tertiary/aromatic N) is 1. The zero-order valence-corrected chi connectivity index (χ0v) is 16.4. The average molecular weight is 370 g/mol. The van der Waals surface area contributed by atoms with Crippen LogP contribution in [0, 0.1) is 5.82 Å². The second kappa shape index (κ2) is 8.80. The molecule has 0 atom stereocenters. The van der Waals surface area contributed by atoms with Gasteiger partial charge in [0, 0.05) is 17.7 Å². The van der Waals surface area contributed by atoms with Crippen LogP contribution in [0.5, 0.6) is 0 Å². The minimum Gasteiger partial charge on any atom is -0.267 e. The molecular formula is C22H27FN2O2. The molecule has 2 rings (SSSR count). The van der Waals surface area contributed by atoms with E-state index < -0.39 is 5.82 Å². The predicted molar refractivity (Wildman–Crippen MR) is 105 cm³/mol. The number of hydrazine groups is 1. The maximum absolute atomic E-state index is 13.1. The van der Waals surface area contributed by atoms with Gasteiger partial charge in [0.1, 0.15) is 5.82 Å². The molecule has 0 radical (unpaired) electrons. The first-order valence-electron chi connectivity index (χ1n) is 9.21. The Morgan fingerprint density at radius 3 is 2.04 bits per heavy atom. The van der Waals surface area contributed by atoms with Crippen molar-refractivity contribution in [3.63, 3.8) is 0 Å². The van der Waals surface area contributed by atoms with Crippen molar-refractivity contribution in [2.75, 3.05) is 6.54 Å². The number of halogens is 1. The molecule has 0 spiro atoms. The smallest absolute Gasteiger partial charge is 0.267 e. The van der Waals surface area contributed by atoms with Gasteiger partial charge in [-0.1, -0.05) is 46.2 Å². The lowest BCUT2D eigenvalue weighted by molar-refractivity contribution is 0.0580. The van der Waals surface area contributed by atoms with Crippen LogP contribution in [0.15, 0.2) is 48.5 Å². The number of amides is 2. The van der Waals surface area contributed by atoms with Crippen LogP contribution in [0.1, 0.15) is 66.8 Å². The highest BCUT2D eigenvalue weighted by molar-refractivity contribution is 5.99. The lowest BCUT2D eigenvalue weighted by Gasteiger charge is -2.24. The van der Waals surface area contributed by atoms with Crippen molar-refractivity contribution in [3.05, 3.63) is 71.0 Å². The van der Waals surface area contributed by atoms with Gasteiger partial charge >= 0.3 is 0 Å². The second-order valence-electron chi connectivity index (χ2n) is 7.59. The summed E-state index contributed by atoms with van der Waals surface area (Å²) in [7, 11) is 0. The molecule has 2 aromatic carbocycles. The molecule has 0 aliphatic rings. The van der Waals surface area contributed by atoms with Gasteiger partial charge in [-0.15, -0.1) is 0 Å². The van der Waals surface area contributed by atoms with Crippen molar-refractivity contribution in [3.8, 4) is 0 Å². The van der Waals surface area contributed by atoms with Crippen LogP contribution in [0.4, 0.5) is 4.39 Å². The Morgan fingerprint density at radius 2 is 1.52 bits per heavy atom. The number of rotatable bonds is 5. The van der Waals surface area contributed by atoms with E-state index in [1.807, 2.05) is 19.1 Å². The highest BCUT2D eigenvalue weighted by Gasteiger charge is 2.19. The third-order valence-electron chi connectivity index (χ3n) is 4.32. The molecule has 0 unspecified atom stereocenters. The van der Waals surface area contributed by atoms with Gasteiger partial charge in [0.05, 0.1) is 0 Å². The van der Waals surface area contributed by atoms with Crippen molar-refractivity contribution in [2.24, 2.45) is 0 Å². The zero-order chi connectivity index (χ0) is 20.0. The Hall–Kier alpha value is -2.69. The van der Waals surface area contributed by atoms with E-state index in [0.29, 0.717) is 17.7 Å². The molecule has 5 heteroatoms. The van der Waals surface area contributed by atoms with Crippen LogP contribution >= 0.6 is 0 Å². The standard InChI is InChI=1S/C22H27FN2O2/c1-5-6-15-25(21(27)17-9-13-19(23)14-10-17)24-20(26)16-7-11-18(12-8-16)22(2,3)4/h7-14H,5-6,15H2,1-4H3,(H,24,26). The van der Waals surface area contributed by atoms with Crippen LogP contribution in [0.2, 0.25) is 0 Å². The first-order valence-corrected chi connectivity index (χ1v) is 9.21. The Balaban J connectivity index is 2.16. The lowest BCUT2D eigenvalue weighted by atomic mass is 9.87. The van der Waals surface area contributed by atoms with Crippen molar-refractivity contribution in [2.45, 2.75) is 46.0 Å². The summed E-state index contributed by atoms with van der Waals surface area (Å²) >= 11 is 0. The van der Waals surface area contributed by atoms with E-state index in [0.717, 1.165) is 18.4 Å². The fourth-order valence-corrected chi connectivity index (χ4v) is 2.58. The maximum Gasteiger partial charge on any atom is 0.272 e. The molecule has 144 valence electrons. The third-order valence-corrected chi connectivity index (χ3v) is 4.32. The Morgan fingerprint density at radius 1 is 0.963 bits per heavy atom. The third kappa shape index (κ3) is 5.64. The van der Waals surface area contributed by atoms with Gasteiger partial charge in [-0.2, -0.15) is 0 Å². The summed E-state index contributed by atoms with van der Waals surface area (Å²) in [5.41, 5.74) is 4.63. The summed E-state index contributed by atoms with van der Waals surface area (Å²) in [6, 6.07) is 12.7. The largest absolute Gasteiger partial charge is 0.272 e. The number of unbranched alkanes of at least 4 members (excludes halogenated alkanes) is 1. The lowest BCUT2D eigenvalue weighted by Crippen LogP contribution is -2.46. The maximum atomic E-state index is 13.1. The van der Waals surface area contributed by atoms with Gasteiger partial charge in [0.2, 0.25) is 0 Å². The van der Waals surface area contributed by atoms with Gasteiger partial charge < -0.3 is 0 Å². The van der Waals surface area contributed by atoms with Crippen LogP contribution < -0.4 is 5.43 Å². The van der Waals surface area contributed by atoms with E-state index >= 15 is 0 Å². The monoisotopic (exact) mass is 370 g/mol. The van der Waals surface area contributed by atoms with Crippen LogP contribution in [0.25, 0.3) is 0 Å². The SMILES string of the molecule is CCCCN(NC(=O)c1ccc(C(C)(C)C)cc1)C(=O)c1ccc(F)cc1. The van der Waals surface area contributed by atoms with Crippen LogP contribution in [-0.2, 0) is 5.41 Å². The summed E-state index contributed by atoms with van der Waals surface area (Å²) in [6.45, 7) is 8.72. The average Bonchev–Trinajstić information content (AvgIpc) is 2.64. The van der Waals surface area contributed by atoms with Gasteiger partial charge in [0.25, 0.3) is 11.8 Å². The summed E-state index contributed by atoms with van der Waals surface area (Å²) < 4.78 is 13.1. The minimum atomic E-state index is -0.408. The highest BCUT2D eigenvalue weighted by atomic mass is 19.1. The second-order valence-corrected chi connectivity index (χ2v) is 7.59. The normalized spacial score (nSPS) is 11.1. The van der Waals surface area contributed by atoms with Crippen LogP contribution in [-0.4, -0.2) is 23.4 Å². The number of nitrogens with one attached hydrogen (secondary N) is 1. The fraction of sp³-hybridized carbons (Fsp3) is 0.364. The van der Waals surface area contributed by atoms with E-state index in [2.05, 4.69) is 26.2 Å². The highest BCUT2D eigenvalue weighted by Crippen LogP contribution is 2.22. The molecule has 0 saturated carbocycles. The fourth-order valence-electron chi connectivity index (χ4n) is 2.58. The predicted octanol–water partition coefficient (Wildman–Crippen LogP) is 4.71. The molecule has 1 N–H and O–H groups in total. The minimum absolute atomic E-state index is 0.000711. The van der Waals surface area contributed by atoms with Gasteiger partial charge in [-0.3, -0.25) is 15.0 Å². The van der Waals surface area contributed by atoms with Crippen molar-refractivity contribution >= 4 is 11.8 Å². The molecule has 0 aromatic heterocycles. The van der Waals surface area contributed by atoms with E-state index in [9.17, 15) is 14.0 Å². The first kappa shape index (κ1) is 20.6. The van der Waals surface area contributed by atoms with E-state index in [1.165, 1.54) is 29.3 Å². The molecule has 0 aliphatic heterocycles. The molecule has 0 heterocycles. The topological polar surface area (TPSA) is 49.4 Å². The molecule has 4 nitrogen and oxygen atoms in total. The Bertz CT molecular complexity index is 777. The molecule has 0 aliphatic carbocycles. The quantitative estimate of drug-likeness (QED) is 0.775.